The minimum atomic E-state index is -0.291. The highest BCUT2D eigenvalue weighted by Gasteiger charge is 2.17. The molecule has 0 aliphatic heterocycles. The zero-order valence-electron chi connectivity index (χ0n) is 20.0. The number of methoxy groups -OCH3 is 1. The van der Waals surface area contributed by atoms with Gasteiger partial charge in [0.1, 0.15) is 21.0 Å². The van der Waals surface area contributed by atoms with Gasteiger partial charge in [0, 0.05) is 43.7 Å². The molecule has 0 bridgehead atoms. The summed E-state index contributed by atoms with van der Waals surface area (Å²) in [4.78, 5) is 30.2. The molecule has 0 saturated carbocycles. The molecule has 0 unspecified atom stereocenters. The maximum Gasteiger partial charge on any atom is 0.274 e. The number of likely N-dealkylation sites (N-methyl/N-ethyl adjacent to an activating group) is 1. The van der Waals surface area contributed by atoms with Crippen molar-refractivity contribution in [1.82, 2.24) is 15.0 Å². The third kappa shape index (κ3) is 5.10. The first-order valence-corrected chi connectivity index (χ1v) is 12.3. The fourth-order valence-electron chi connectivity index (χ4n) is 3.82. The average Bonchev–Trinajstić information content (AvgIpc) is 3.36. The number of rotatable bonds is 8. The van der Waals surface area contributed by atoms with Crippen LogP contribution < -0.4 is 10.2 Å². The molecule has 3 heterocycles. The van der Waals surface area contributed by atoms with Gasteiger partial charge in [-0.15, -0.1) is 0 Å². The van der Waals surface area contributed by atoms with E-state index in [2.05, 4.69) is 15.2 Å². The van der Waals surface area contributed by atoms with E-state index in [4.69, 9.17) is 14.7 Å². The summed E-state index contributed by atoms with van der Waals surface area (Å²) < 4.78 is 5.24. The number of carbonyl (C=O) groups is 1. The Morgan fingerprint density at radius 1 is 1.00 bits per heavy atom. The Bertz CT molecular complexity index is 1470. The maximum atomic E-state index is 13.5. The van der Waals surface area contributed by atoms with Crippen molar-refractivity contribution in [2.75, 3.05) is 37.5 Å². The molecule has 36 heavy (non-hydrogen) atoms. The lowest BCUT2D eigenvalue weighted by Crippen LogP contribution is -2.23. The van der Waals surface area contributed by atoms with Crippen molar-refractivity contribution < 1.29 is 9.53 Å². The van der Waals surface area contributed by atoms with E-state index >= 15 is 0 Å². The number of fused-ring (bicyclic) bond motifs is 1. The average molecular weight is 496 g/mol. The number of hydrogen-bond donors (Lipinski definition) is 1. The second-order valence-electron chi connectivity index (χ2n) is 8.22. The SMILES string of the molecule is COCCN(C)c1cc(C(=O)Nc2ccccc2-c2nc3cccnc3s2)nc(-c2ccccc2)c1. The lowest BCUT2D eigenvalue weighted by molar-refractivity contribution is 0.102. The number of anilines is 2. The summed E-state index contributed by atoms with van der Waals surface area (Å²) in [6.07, 6.45) is 1.75. The number of carbonyl (C=O) groups excluding carboxylic acids is 1. The number of aromatic nitrogens is 3. The van der Waals surface area contributed by atoms with Crippen LogP contribution in [0.15, 0.2) is 85.1 Å². The molecule has 0 aliphatic carbocycles. The first-order chi connectivity index (χ1) is 17.6. The molecule has 0 fully saturated rings. The number of nitrogens with one attached hydrogen (secondary N) is 1. The van der Waals surface area contributed by atoms with Crippen molar-refractivity contribution in [1.29, 1.82) is 0 Å². The van der Waals surface area contributed by atoms with Crippen LogP contribution in [0, 0.1) is 0 Å². The van der Waals surface area contributed by atoms with Gasteiger partial charge in [0.25, 0.3) is 5.91 Å². The van der Waals surface area contributed by atoms with Gasteiger partial charge in [0.15, 0.2) is 0 Å². The molecule has 2 aromatic carbocycles. The molecular formula is C28H25N5O2S. The van der Waals surface area contributed by atoms with Crippen LogP contribution in [0.25, 0.3) is 32.2 Å². The van der Waals surface area contributed by atoms with Gasteiger partial charge in [-0.3, -0.25) is 4.79 Å². The monoisotopic (exact) mass is 495 g/mol. The van der Waals surface area contributed by atoms with Gasteiger partial charge in [0.2, 0.25) is 0 Å². The summed E-state index contributed by atoms with van der Waals surface area (Å²) in [6.45, 7) is 1.26. The molecule has 7 nitrogen and oxygen atoms in total. The van der Waals surface area contributed by atoms with Crippen molar-refractivity contribution in [3.05, 3.63) is 90.8 Å². The summed E-state index contributed by atoms with van der Waals surface area (Å²) in [5.74, 6) is -0.291. The zero-order valence-corrected chi connectivity index (χ0v) is 20.8. The minimum Gasteiger partial charge on any atom is -0.383 e. The maximum absolute atomic E-state index is 13.5. The fraction of sp³-hybridized carbons (Fsp3) is 0.143. The van der Waals surface area contributed by atoms with E-state index in [9.17, 15) is 4.79 Å². The van der Waals surface area contributed by atoms with Crippen LogP contribution in [0.1, 0.15) is 10.5 Å². The van der Waals surface area contributed by atoms with E-state index in [1.807, 2.05) is 85.9 Å². The lowest BCUT2D eigenvalue weighted by Gasteiger charge is -2.20. The van der Waals surface area contributed by atoms with Gasteiger partial charge >= 0.3 is 0 Å². The molecule has 3 aromatic heterocycles. The Morgan fingerprint density at radius 2 is 1.81 bits per heavy atom. The summed E-state index contributed by atoms with van der Waals surface area (Å²) in [5, 5.41) is 3.86. The molecule has 0 spiro atoms. The predicted octanol–water partition coefficient (Wildman–Crippen LogP) is 5.76. The summed E-state index contributed by atoms with van der Waals surface area (Å²) >= 11 is 1.49. The molecule has 0 saturated heterocycles. The Kier molecular flexibility index (Phi) is 6.97. The molecule has 5 aromatic rings. The van der Waals surface area contributed by atoms with Gasteiger partial charge in [-0.25, -0.2) is 15.0 Å². The normalized spacial score (nSPS) is 10.9. The van der Waals surface area contributed by atoms with Crippen LogP contribution in [0.4, 0.5) is 11.4 Å². The third-order valence-electron chi connectivity index (χ3n) is 5.76. The second kappa shape index (κ2) is 10.6. The van der Waals surface area contributed by atoms with Crippen LogP contribution in [0.3, 0.4) is 0 Å². The largest absolute Gasteiger partial charge is 0.383 e. The van der Waals surface area contributed by atoms with Gasteiger partial charge in [-0.2, -0.15) is 0 Å². The number of nitrogens with zero attached hydrogens (tertiary/aromatic N) is 4. The predicted molar refractivity (Wildman–Crippen MR) is 146 cm³/mol. The Hall–Kier alpha value is -4.14. The van der Waals surface area contributed by atoms with Gasteiger partial charge in [-0.05, 0) is 36.4 Å². The number of hydrogen-bond acceptors (Lipinski definition) is 7. The molecule has 0 radical (unpaired) electrons. The highest BCUT2D eigenvalue weighted by molar-refractivity contribution is 7.21. The van der Waals surface area contributed by atoms with E-state index in [1.165, 1.54) is 11.3 Å². The molecule has 0 aliphatic rings. The van der Waals surface area contributed by atoms with Gasteiger partial charge < -0.3 is 15.0 Å². The van der Waals surface area contributed by atoms with Crippen LogP contribution in [0.2, 0.25) is 0 Å². The molecular weight excluding hydrogens is 470 g/mol. The van der Waals surface area contributed by atoms with Crippen molar-refractivity contribution in [2.24, 2.45) is 0 Å². The Balaban J connectivity index is 1.50. The van der Waals surface area contributed by atoms with Crippen LogP contribution in [0.5, 0.6) is 0 Å². The topological polar surface area (TPSA) is 80.2 Å². The summed E-state index contributed by atoms with van der Waals surface area (Å²) in [7, 11) is 3.65. The van der Waals surface area contributed by atoms with Crippen molar-refractivity contribution in [3.8, 4) is 21.8 Å². The van der Waals surface area contributed by atoms with Crippen molar-refractivity contribution in [3.63, 3.8) is 0 Å². The second-order valence-corrected chi connectivity index (χ2v) is 9.20. The van der Waals surface area contributed by atoms with E-state index in [0.29, 0.717) is 24.5 Å². The standard InChI is InChI=1S/C28H25N5O2S/c1-33(15-16-35-2)20-17-24(19-9-4-3-5-10-19)30-25(18-20)26(34)31-22-12-7-6-11-21(22)27-32-23-13-8-14-29-28(23)36-27/h3-14,17-18H,15-16H2,1-2H3,(H,31,34). The van der Waals surface area contributed by atoms with E-state index in [-0.39, 0.29) is 5.91 Å². The Labute approximate surface area is 213 Å². The van der Waals surface area contributed by atoms with Crippen LogP contribution in [-0.4, -0.2) is 48.2 Å². The molecule has 0 atom stereocenters. The highest BCUT2D eigenvalue weighted by atomic mass is 32.1. The number of ether oxygens (including phenoxy) is 1. The molecule has 5 rings (SSSR count). The summed E-state index contributed by atoms with van der Waals surface area (Å²) in [6, 6.07) is 25.1. The first kappa shape index (κ1) is 23.6. The van der Waals surface area contributed by atoms with Gasteiger partial charge in [0.05, 0.1) is 18.0 Å². The fourth-order valence-corrected chi connectivity index (χ4v) is 4.76. The number of thiazole rings is 1. The van der Waals surface area contributed by atoms with Crippen molar-refractivity contribution in [2.45, 2.75) is 0 Å². The Morgan fingerprint density at radius 3 is 2.61 bits per heavy atom. The molecule has 1 N–H and O–H groups in total. The number of amides is 1. The molecule has 180 valence electrons. The van der Waals surface area contributed by atoms with E-state index in [0.717, 1.165) is 37.9 Å². The summed E-state index contributed by atoms with van der Waals surface area (Å²) in [5.41, 5.74) is 5.23. The number of pyridine rings is 2. The van der Waals surface area contributed by atoms with Crippen LogP contribution in [-0.2, 0) is 4.74 Å². The minimum absolute atomic E-state index is 0.291. The number of benzene rings is 2. The van der Waals surface area contributed by atoms with E-state index < -0.39 is 0 Å². The smallest absolute Gasteiger partial charge is 0.274 e. The number of para-hydroxylation sites is 1. The quantitative estimate of drug-likeness (QED) is 0.295. The molecule has 1 amide bonds. The lowest BCUT2D eigenvalue weighted by atomic mass is 10.1. The van der Waals surface area contributed by atoms with Crippen LogP contribution >= 0.6 is 11.3 Å². The molecule has 8 heteroatoms. The zero-order chi connectivity index (χ0) is 24.9. The third-order valence-corrected chi connectivity index (χ3v) is 6.77. The van der Waals surface area contributed by atoms with Gasteiger partial charge in [-0.1, -0.05) is 53.8 Å². The highest BCUT2D eigenvalue weighted by Crippen LogP contribution is 2.34. The first-order valence-electron chi connectivity index (χ1n) is 11.5. The van der Waals surface area contributed by atoms with E-state index in [1.54, 1.807) is 13.3 Å². The van der Waals surface area contributed by atoms with Crippen molar-refractivity contribution >= 4 is 39.0 Å².